The van der Waals surface area contributed by atoms with Crippen molar-refractivity contribution in [1.29, 1.82) is 0 Å². The molecule has 1 saturated heterocycles. The zero-order chi connectivity index (χ0) is 25.2. The highest BCUT2D eigenvalue weighted by Crippen LogP contribution is 2.31. The quantitative estimate of drug-likeness (QED) is 0.376. The topological polar surface area (TPSA) is 102 Å². The van der Waals surface area contributed by atoms with E-state index in [-0.39, 0.29) is 23.6 Å². The second kappa shape index (κ2) is 10.4. The number of fused-ring (bicyclic) bond motifs is 1. The van der Waals surface area contributed by atoms with Crippen molar-refractivity contribution < 1.29 is 9.15 Å². The number of pyridine rings is 1. The fourth-order valence-electron chi connectivity index (χ4n) is 5.36. The molecule has 1 N–H and O–H groups in total. The van der Waals surface area contributed by atoms with Gasteiger partial charge < -0.3 is 14.1 Å². The Balaban J connectivity index is 1.53. The number of aromatic nitrogens is 5. The second-order valence-electron chi connectivity index (χ2n) is 10.2. The van der Waals surface area contributed by atoms with Crippen molar-refractivity contribution in [2.75, 3.05) is 13.2 Å². The van der Waals surface area contributed by atoms with Crippen molar-refractivity contribution in [1.82, 2.24) is 30.1 Å². The maximum absolute atomic E-state index is 13.2. The third-order valence-electron chi connectivity index (χ3n) is 6.94. The zero-order valence-corrected chi connectivity index (χ0v) is 21.4. The summed E-state index contributed by atoms with van der Waals surface area (Å²) in [7, 11) is 0. The molecule has 0 saturated carbocycles. The van der Waals surface area contributed by atoms with E-state index in [1.807, 2.05) is 25.1 Å². The molecule has 0 radical (unpaired) electrons. The molecular formula is C27H34N6O3. The van der Waals surface area contributed by atoms with Crippen LogP contribution >= 0.6 is 0 Å². The highest BCUT2D eigenvalue weighted by atomic mass is 16.5. The first-order valence-corrected chi connectivity index (χ1v) is 12.7. The number of aromatic amines is 1. The summed E-state index contributed by atoms with van der Waals surface area (Å²) in [6.45, 7) is 10.8. The normalized spacial score (nSPS) is 17.0. The predicted octanol–water partition coefficient (Wildman–Crippen LogP) is 4.15. The number of hydrogen-bond acceptors (Lipinski definition) is 7. The molecule has 190 valence electrons. The molecular weight excluding hydrogens is 456 g/mol. The van der Waals surface area contributed by atoms with E-state index in [1.165, 1.54) is 5.56 Å². The molecule has 4 heterocycles. The van der Waals surface area contributed by atoms with E-state index in [9.17, 15) is 4.79 Å². The van der Waals surface area contributed by atoms with E-state index < -0.39 is 0 Å². The number of tetrazole rings is 1. The molecule has 0 unspecified atom stereocenters. The molecule has 9 heteroatoms. The van der Waals surface area contributed by atoms with Gasteiger partial charge in [-0.3, -0.25) is 9.69 Å². The second-order valence-corrected chi connectivity index (χ2v) is 10.2. The van der Waals surface area contributed by atoms with Gasteiger partial charge >= 0.3 is 0 Å². The average molecular weight is 491 g/mol. The van der Waals surface area contributed by atoms with Gasteiger partial charge in [0.15, 0.2) is 5.82 Å². The van der Waals surface area contributed by atoms with E-state index in [4.69, 9.17) is 9.15 Å². The van der Waals surface area contributed by atoms with Crippen molar-refractivity contribution >= 4 is 10.9 Å². The highest BCUT2D eigenvalue weighted by molar-refractivity contribution is 5.82. The van der Waals surface area contributed by atoms with Gasteiger partial charge in [-0.25, -0.2) is 4.68 Å². The molecule has 2 atom stereocenters. The van der Waals surface area contributed by atoms with Crippen LogP contribution in [0.4, 0.5) is 0 Å². The molecule has 4 aromatic rings. The minimum Gasteiger partial charge on any atom is -0.467 e. The number of H-pyrrole nitrogens is 1. The summed E-state index contributed by atoms with van der Waals surface area (Å²) in [5.41, 5.74) is 3.79. The molecule has 9 nitrogen and oxygen atoms in total. The number of benzene rings is 1. The van der Waals surface area contributed by atoms with Gasteiger partial charge in [0, 0.05) is 25.3 Å². The van der Waals surface area contributed by atoms with Crippen LogP contribution in [0.2, 0.25) is 0 Å². The molecule has 1 aromatic carbocycles. The van der Waals surface area contributed by atoms with E-state index in [0.29, 0.717) is 19.6 Å². The van der Waals surface area contributed by atoms with Gasteiger partial charge in [0.05, 0.1) is 23.9 Å². The first-order valence-electron chi connectivity index (χ1n) is 12.7. The van der Waals surface area contributed by atoms with Crippen molar-refractivity contribution in [3.05, 3.63) is 75.2 Å². The number of aryl methyl sites for hydroxylation is 2. The molecule has 1 fully saturated rings. The third kappa shape index (κ3) is 5.12. The third-order valence-corrected chi connectivity index (χ3v) is 6.94. The predicted molar refractivity (Wildman–Crippen MR) is 137 cm³/mol. The lowest BCUT2D eigenvalue weighted by atomic mass is 9.99. The molecule has 36 heavy (non-hydrogen) atoms. The summed E-state index contributed by atoms with van der Waals surface area (Å²) < 4.78 is 13.4. The summed E-state index contributed by atoms with van der Waals surface area (Å²) in [6, 6.07) is 9.90. The Labute approximate surface area is 210 Å². The lowest BCUT2D eigenvalue weighted by Gasteiger charge is -2.35. The molecule has 3 aromatic heterocycles. The first-order chi connectivity index (χ1) is 17.4. The molecule has 0 spiro atoms. The van der Waals surface area contributed by atoms with Gasteiger partial charge in [0.2, 0.25) is 0 Å². The molecule has 1 aliphatic heterocycles. The zero-order valence-electron chi connectivity index (χ0n) is 21.4. The Kier molecular flexibility index (Phi) is 7.02. The molecule has 0 bridgehead atoms. The van der Waals surface area contributed by atoms with Gasteiger partial charge in [-0.1, -0.05) is 25.5 Å². The monoisotopic (exact) mass is 490 g/mol. The Morgan fingerprint density at radius 3 is 2.83 bits per heavy atom. The van der Waals surface area contributed by atoms with Crippen molar-refractivity contribution in [2.24, 2.45) is 5.92 Å². The number of nitrogens with zero attached hydrogens (tertiary/aromatic N) is 5. The van der Waals surface area contributed by atoms with Gasteiger partial charge in [0.1, 0.15) is 12.3 Å². The molecule has 0 aliphatic carbocycles. The van der Waals surface area contributed by atoms with Crippen LogP contribution in [0.15, 0.2) is 45.8 Å². The summed E-state index contributed by atoms with van der Waals surface area (Å²) in [6.07, 6.45) is 3.82. The number of rotatable bonds is 9. The average Bonchev–Trinajstić information content (AvgIpc) is 3.60. The fraction of sp³-hybridized carbons (Fsp3) is 0.481. The van der Waals surface area contributed by atoms with Crippen LogP contribution in [0.3, 0.4) is 0 Å². The summed E-state index contributed by atoms with van der Waals surface area (Å²) in [5.74, 6) is 1.73. The van der Waals surface area contributed by atoms with Gasteiger partial charge in [-0.05, 0) is 78.2 Å². The first kappa shape index (κ1) is 24.4. The number of hydrogen-bond donors (Lipinski definition) is 1. The molecule has 1 aliphatic rings. The van der Waals surface area contributed by atoms with Crippen LogP contribution in [0, 0.1) is 19.8 Å². The lowest BCUT2D eigenvalue weighted by Crippen LogP contribution is -2.40. The van der Waals surface area contributed by atoms with Crippen LogP contribution in [-0.2, 0) is 17.8 Å². The van der Waals surface area contributed by atoms with Crippen LogP contribution in [-0.4, -0.2) is 49.3 Å². The summed E-state index contributed by atoms with van der Waals surface area (Å²) in [4.78, 5) is 18.7. The van der Waals surface area contributed by atoms with Crippen LogP contribution in [0.25, 0.3) is 10.9 Å². The van der Waals surface area contributed by atoms with Gasteiger partial charge in [-0.15, -0.1) is 5.10 Å². The highest BCUT2D eigenvalue weighted by Gasteiger charge is 2.32. The van der Waals surface area contributed by atoms with Gasteiger partial charge in [-0.2, -0.15) is 0 Å². The number of nitrogens with one attached hydrogen (secondary N) is 1. The van der Waals surface area contributed by atoms with E-state index in [2.05, 4.69) is 58.3 Å². The van der Waals surface area contributed by atoms with Gasteiger partial charge in [0.25, 0.3) is 5.56 Å². The summed E-state index contributed by atoms with van der Waals surface area (Å²) >= 11 is 0. The van der Waals surface area contributed by atoms with Crippen molar-refractivity contribution in [2.45, 2.75) is 65.8 Å². The minimum atomic E-state index is -0.117. The molecule has 0 amide bonds. The standard InChI is InChI=1S/C27H34N6O3/c1-17(2)25(26-29-30-31-33(26)16-23-8-6-10-36-23)32(15-22-7-5-9-35-22)14-21-13-20-12-18(3)11-19(4)24(20)28-27(21)34/h6,8,10-13,17,22,25H,5,7,9,14-16H2,1-4H3,(H,28,34)/t22-,25+/m1/s1. The Hall–Kier alpha value is -3.30. The van der Waals surface area contributed by atoms with Crippen LogP contribution in [0.5, 0.6) is 0 Å². The van der Waals surface area contributed by atoms with Crippen LogP contribution < -0.4 is 5.56 Å². The Bertz CT molecular complexity index is 1370. The van der Waals surface area contributed by atoms with E-state index in [0.717, 1.165) is 53.1 Å². The molecule has 5 rings (SSSR count). The Morgan fingerprint density at radius 2 is 2.11 bits per heavy atom. The maximum atomic E-state index is 13.2. The number of ether oxygens (including phenoxy) is 1. The largest absolute Gasteiger partial charge is 0.467 e. The van der Waals surface area contributed by atoms with Crippen molar-refractivity contribution in [3.8, 4) is 0 Å². The smallest absolute Gasteiger partial charge is 0.252 e. The van der Waals surface area contributed by atoms with Crippen LogP contribution in [0.1, 0.15) is 61.0 Å². The lowest BCUT2D eigenvalue weighted by molar-refractivity contribution is 0.0384. The van der Waals surface area contributed by atoms with E-state index >= 15 is 0 Å². The summed E-state index contributed by atoms with van der Waals surface area (Å²) in [5, 5.41) is 13.8. The Morgan fingerprint density at radius 1 is 1.25 bits per heavy atom. The number of furan rings is 1. The SMILES string of the molecule is Cc1cc(C)c2[nH]c(=O)c(CN(C[C@H]3CCCO3)[C@H](c3nnnn3Cc3ccco3)C(C)C)cc2c1. The van der Waals surface area contributed by atoms with E-state index in [1.54, 1.807) is 10.9 Å². The van der Waals surface area contributed by atoms with Crippen molar-refractivity contribution in [3.63, 3.8) is 0 Å². The maximum Gasteiger partial charge on any atom is 0.252 e. The minimum absolute atomic E-state index is 0.0653. The fourth-order valence-corrected chi connectivity index (χ4v) is 5.36.